The van der Waals surface area contributed by atoms with Gasteiger partial charge in [-0.2, -0.15) is 0 Å². The molecular formula is C11H23N3O2. The Kier molecular flexibility index (Phi) is 5.73. The van der Waals surface area contributed by atoms with E-state index in [1.807, 2.05) is 6.92 Å². The molecule has 1 rings (SSSR count). The summed E-state index contributed by atoms with van der Waals surface area (Å²) >= 11 is 0. The Hall–Kier alpha value is -0.650. The maximum Gasteiger partial charge on any atom is 0.234 e. The minimum absolute atomic E-state index is 0.0510. The lowest BCUT2D eigenvalue weighted by atomic mass is 10.1. The minimum Gasteiger partial charge on any atom is -0.379 e. The Morgan fingerprint density at radius 3 is 2.56 bits per heavy atom. The van der Waals surface area contributed by atoms with Crippen molar-refractivity contribution < 1.29 is 9.53 Å². The minimum atomic E-state index is 0.0510. The van der Waals surface area contributed by atoms with E-state index in [9.17, 15) is 4.79 Å². The van der Waals surface area contributed by atoms with Gasteiger partial charge in [-0.05, 0) is 20.9 Å². The maximum absolute atomic E-state index is 11.4. The van der Waals surface area contributed by atoms with Crippen LogP contribution in [0.4, 0.5) is 0 Å². The summed E-state index contributed by atoms with van der Waals surface area (Å²) in [6.45, 7) is 8.06. The van der Waals surface area contributed by atoms with Crippen LogP contribution in [0.25, 0.3) is 0 Å². The van der Waals surface area contributed by atoms with Gasteiger partial charge in [-0.15, -0.1) is 0 Å². The summed E-state index contributed by atoms with van der Waals surface area (Å²) in [6, 6.07) is 0.517. The lowest BCUT2D eigenvalue weighted by molar-refractivity contribution is -0.121. The molecule has 0 bridgehead atoms. The molecule has 1 aliphatic rings. The summed E-state index contributed by atoms with van der Waals surface area (Å²) in [7, 11) is 1.77. The molecule has 1 heterocycles. The van der Waals surface area contributed by atoms with Gasteiger partial charge in [0.25, 0.3) is 0 Å². The molecule has 1 amide bonds. The molecule has 0 aliphatic carbocycles. The molecule has 16 heavy (non-hydrogen) atoms. The summed E-state index contributed by atoms with van der Waals surface area (Å²) in [6.07, 6.45) is 0. The Labute approximate surface area is 97.5 Å². The fraction of sp³-hybridized carbons (Fsp3) is 0.909. The fourth-order valence-corrected chi connectivity index (χ4v) is 1.89. The average molecular weight is 229 g/mol. The number of ether oxygens (including phenoxy) is 1. The number of carbonyl (C=O) groups excluding carboxylic acids is 1. The van der Waals surface area contributed by atoms with Crippen LogP contribution in [0.15, 0.2) is 0 Å². The third-order valence-corrected chi connectivity index (χ3v) is 3.07. The number of hydrogen-bond donors (Lipinski definition) is 2. The van der Waals surface area contributed by atoms with Crippen LogP contribution in [-0.4, -0.2) is 62.8 Å². The molecular weight excluding hydrogens is 206 g/mol. The van der Waals surface area contributed by atoms with E-state index in [0.29, 0.717) is 12.6 Å². The number of carbonyl (C=O) groups is 1. The molecule has 0 aromatic rings. The average Bonchev–Trinajstić information content (AvgIpc) is 2.29. The molecule has 1 fully saturated rings. The van der Waals surface area contributed by atoms with E-state index < -0.39 is 0 Å². The lowest BCUT2D eigenvalue weighted by Gasteiger charge is -2.35. The summed E-state index contributed by atoms with van der Waals surface area (Å²) in [5, 5.41) is 5.84. The Balaban J connectivity index is 2.33. The first kappa shape index (κ1) is 13.4. The summed E-state index contributed by atoms with van der Waals surface area (Å²) in [4.78, 5) is 13.8. The van der Waals surface area contributed by atoms with Crippen molar-refractivity contribution in [3.63, 3.8) is 0 Å². The number of likely N-dealkylation sites (N-methyl/N-ethyl adjacent to an activating group) is 1. The lowest BCUT2D eigenvalue weighted by Crippen LogP contribution is -2.53. The second-order valence-electron chi connectivity index (χ2n) is 4.28. The molecule has 2 unspecified atom stereocenters. The van der Waals surface area contributed by atoms with Gasteiger partial charge in [0.15, 0.2) is 0 Å². The molecule has 5 heteroatoms. The van der Waals surface area contributed by atoms with Crippen molar-refractivity contribution in [1.29, 1.82) is 0 Å². The van der Waals surface area contributed by atoms with Gasteiger partial charge < -0.3 is 15.4 Å². The highest BCUT2D eigenvalue weighted by Gasteiger charge is 2.22. The molecule has 0 radical (unpaired) electrons. The quantitative estimate of drug-likeness (QED) is 0.663. The number of nitrogens with one attached hydrogen (secondary N) is 2. The highest BCUT2D eigenvalue weighted by molar-refractivity contribution is 5.78. The summed E-state index contributed by atoms with van der Waals surface area (Å²) in [5.41, 5.74) is 0. The molecule has 0 saturated carbocycles. The number of morpholine rings is 1. The first-order valence-corrected chi connectivity index (χ1v) is 5.91. The van der Waals surface area contributed by atoms with Crippen LogP contribution in [0.2, 0.25) is 0 Å². The molecule has 1 saturated heterocycles. The SMILES string of the molecule is CNCC(=O)NC(C)C(C)N1CCOCC1. The van der Waals surface area contributed by atoms with Gasteiger partial charge in [0.05, 0.1) is 19.8 Å². The van der Waals surface area contributed by atoms with E-state index in [-0.39, 0.29) is 11.9 Å². The normalized spacial score (nSPS) is 21.4. The summed E-state index contributed by atoms with van der Waals surface area (Å²) in [5.74, 6) is 0.0510. The molecule has 1 aliphatic heterocycles. The molecule has 5 nitrogen and oxygen atoms in total. The highest BCUT2D eigenvalue weighted by Crippen LogP contribution is 2.07. The molecule has 2 N–H and O–H groups in total. The Morgan fingerprint density at radius 1 is 1.38 bits per heavy atom. The van der Waals surface area contributed by atoms with Gasteiger partial charge in [-0.1, -0.05) is 0 Å². The number of amides is 1. The van der Waals surface area contributed by atoms with Crippen LogP contribution >= 0.6 is 0 Å². The predicted octanol–water partition coefficient (Wildman–Crippen LogP) is -0.569. The van der Waals surface area contributed by atoms with Crippen LogP contribution in [0.5, 0.6) is 0 Å². The molecule has 94 valence electrons. The van der Waals surface area contributed by atoms with Crippen molar-refractivity contribution in [2.24, 2.45) is 0 Å². The Morgan fingerprint density at radius 2 is 2.00 bits per heavy atom. The van der Waals surface area contributed by atoms with Crippen LogP contribution in [-0.2, 0) is 9.53 Å². The largest absolute Gasteiger partial charge is 0.379 e. The van der Waals surface area contributed by atoms with E-state index in [4.69, 9.17) is 4.74 Å². The third kappa shape index (κ3) is 4.08. The van der Waals surface area contributed by atoms with Crippen LogP contribution < -0.4 is 10.6 Å². The monoisotopic (exact) mass is 229 g/mol. The Bertz CT molecular complexity index is 217. The van der Waals surface area contributed by atoms with Crippen molar-refractivity contribution in [1.82, 2.24) is 15.5 Å². The van der Waals surface area contributed by atoms with E-state index in [1.165, 1.54) is 0 Å². The maximum atomic E-state index is 11.4. The van der Waals surface area contributed by atoms with Crippen molar-refractivity contribution in [2.45, 2.75) is 25.9 Å². The zero-order chi connectivity index (χ0) is 12.0. The van der Waals surface area contributed by atoms with E-state index >= 15 is 0 Å². The third-order valence-electron chi connectivity index (χ3n) is 3.07. The van der Waals surface area contributed by atoms with Crippen molar-refractivity contribution in [2.75, 3.05) is 39.9 Å². The molecule has 0 spiro atoms. The number of rotatable bonds is 5. The van der Waals surface area contributed by atoms with Crippen molar-refractivity contribution in [3.8, 4) is 0 Å². The molecule has 0 aromatic heterocycles. The van der Waals surface area contributed by atoms with Gasteiger partial charge in [0.2, 0.25) is 5.91 Å². The van der Waals surface area contributed by atoms with Gasteiger partial charge >= 0.3 is 0 Å². The van der Waals surface area contributed by atoms with Crippen molar-refractivity contribution >= 4 is 5.91 Å². The van der Waals surface area contributed by atoms with Gasteiger partial charge in [-0.25, -0.2) is 0 Å². The van der Waals surface area contributed by atoms with Crippen LogP contribution in [0.3, 0.4) is 0 Å². The number of hydrogen-bond acceptors (Lipinski definition) is 4. The zero-order valence-corrected chi connectivity index (χ0v) is 10.5. The van der Waals surface area contributed by atoms with Gasteiger partial charge in [0.1, 0.15) is 0 Å². The van der Waals surface area contributed by atoms with E-state index in [2.05, 4.69) is 22.5 Å². The van der Waals surface area contributed by atoms with Crippen molar-refractivity contribution in [3.05, 3.63) is 0 Å². The predicted molar refractivity (Wildman–Crippen MR) is 63.4 cm³/mol. The highest BCUT2D eigenvalue weighted by atomic mass is 16.5. The zero-order valence-electron chi connectivity index (χ0n) is 10.5. The van der Waals surface area contributed by atoms with Crippen LogP contribution in [0, 0.1) is 0 Å². The smallest absolute Gasteiger partial charge is 0.234 e. The number of nitrogens with zero attached hydrogens (tertiary/aromatic N) is 1. The fourth-order valence-electron chi connectivity index (χ4n) is 1.89. The topological polar surface area (TPSA) is 53.6 Å². The van der Waals surface area contributed by atoms with Gasteiger partial charge in [-0.3, -0.25) is 9.69 Å². The van der Waals surface area contributed by atoms with E-state index in [1.54, 1.807) is 7.05 Å². The van der Waals surface area contributed by atoms with Gasteiger partial charge in [0, 0.05) is 25.2 Å². The second kappa shape index (κ2) is 6.83. The standard InChI is InChI=1S/C11H23N3O2/c1-9(13-11(15)8-12-3)10(2)14-4-6-16-7-5-14/h9-10,12H,4-8H2,1-3H3,(H,13,15). The molecule has 2 atom stereocenters. The summed E-state index contributed by atoms with van der Waals surface area (Å²) < 4.78 is 5.31. The van der Waals surface area contributed by atoms with Crippen LogP contribution in [0.1, 0.15) is 13.8 Å². The molecule has 0 aromatic carbocycles. The van der Waals surface area contributed by atoms with E-state index in [0.717, 1.165) is 26.3 Å². The first-order chi connectivity index (χ1) is 7.65. The first-order valence-electron chi connectivity index (χ1n) is 5.91. The second-order valence-corrected chi connectivity index (χ2v) is 4.28.